The van der Waals surface area contributed by atoms with Crippen LogP contribution in [0.1, 0.15) is 33.1 Å². The zero-order chi connectivity index (χ0) is 14.2. The Labute approximate surface area is 123 Å². The number of rotatable bonds is 4. The molecule has 0 aliphatic heterocycles. The second-order valence-corrected chi connectivity index (χ2v) is 6.24. The Morgan fingerprint density at radius 2 is 2.21 bits per heavy atom. The molecule has 0 bridgehead atoms. The van der Waals surface area contributed by atoms with Crippen molar-refractivity contribution in [2.75, 3.05) is 0 Å². The lowest BCUT2D eigenvalue weighted by molar-refractivity contribution is -0.118. The molecule has 2 aliphatic carbocycles. The van der Waals surface area contributed by atoms with Crippen LogP contribution >= 0.6 is 11.6 Å². The molecule has 0 radical (unpaired) electrons. The summed E-state index contributed by atoms with van der Waals surface area (Å²) in [5.74, 6) is -0.178. The lowest BCUT2D eigenvalue weighted by Gasteiger charge is -2.32. The summed E-state index contributed by atoms with van der Waals surface area (Å²) in [4.78, 5) is 11.6. The molecule has 2 unspecified atom stereocenters. The minimum absolute atomic E-state index is 0.0200. The lowest BCUT2D eigenvalue weighted by atomic mass is 9.73. The summed E-state index contributed by atoms with van der Waals surface area (Å²) in [6, 6.07) is 0. The molecule has 0 saturated heterocycles. The van der Waals surface area contributed by atoms with E-state index in [0.717, 1.165) is 12.8 Å². The van der Waals surface area contributed by atoms with Crippen LogP contribution in [0.5, 0.6) is 0 Å². The van der Waals surface area contributed by atoms with Crippen LogP contribution in [0.15, 0.2) is 26.9 Å². The Morgan fingerprint density at radius 3 is 2.68 bits per heavy atom. The van der Waals surface area contributed by atoms with Gasteiger partial charge in [0.2, 0.25) is 0 Å². The van der Waals surface area contributed by atoms with Gasteiger partial charge in [0, 0.05) is 18.8 Å². The van der Waals surface area contributed by atoms with E-state index in [1.54, 1.807) is 6.08 Å². The number of hydrogen-bond acceptors (Lipinski definition) is 2. The summed E-state index contributed by atoms with van der Waals surface area (Å²) in [5.41, 5.74) is 0.649. The Bertz CT molecular complexity index is 468. The standard InChI is InChI=1S/C14H17ClFNOS/c1-7(2)13-10(6-12(18)17-19)9(8-3-4-8)5-11(15)14(13)16/h5,7-10H,3-4,6H2,1-2H3. The van der Waals surface area contributed by atoms with Gasteiger partial charge in [-0.3, -0.25) is 4.79 Å². The molecule has 2 nitrogen and oxygen atoms in total. The average Bonchev–Trinajstić information content (AvgIpc) is 3.17. The van der Waals surface area contributed by atoms with Crippen molar-refractivity contribution in [2.24, 2.45) is 28.0 Å². The minimum Gasteiger partial charge on any atom is -0.272 e. The molecule has 0 heterocycles. The third-order valence-corrected chi connectivity index (χ3v) is 4.45. The molecule has 5 heteroatoms. The molecule has 0 aromatic carbocycles. The third kappa shape index (κ3) is 3.11. The van der Waals surface area contributed by atoms with Crippen LogP contribution in [0.25, 0.3) is 0 Å². The summed E-state index contributed by atoms with van der Waals surface area (Å²) >= 11 is 10.5. The molecular formula is C14H17ClFNOS. The van der Waals surface area contributed by atoms with Crippen molar-refractivity contribution in [2.45, 2.75) is 33.1 Å². The van der Waals surface area contributed by atoms with Crippen LogP contribution in [0.4, 0.5) is 4.39 Å². The largest absolute Gasteiger partial charge is 0.272 e. The van der Waals surface area contributed by atoms with Gasteiger partial charge in [-0.05, 0) is 42.1 Å². The van der Waals surface area contributed by atoms with Gasteiger partial charge in [0.25, 0.3) is 5.91 Å². The van der Waals surface area contributed by atoms with E-state index in [1.807, 2.05) is 13.8 Å². The molecule has 1 amide bonds. The maximum absolute atomic E-state index is 14.3. The van der Waals surface area contributed by atoms with E-state index in [-0.39, 0.29) is 40.9 Å². The second kappa shape index (κ2) is 5.80. The maximum atomic E-state index is 14.3. The number of nitrogens with zero attached hydrogens (tertiary/aromatic N) is 1. The first kappa shape index (κ1) is 14.8. The third-order valence-electron chi connectivity index (χ3n) is 3.95. The van der Waals surface area contributed by atoms with E-state index in [2.05, 4.69) is 16.8 Å². The molecule has 2 atom stereocenters. The molecule has 0 N–H and O–H groups in total. The van der Waals surface area contributed by atoms with Gasteiger partial charge in [0.1, 0.15) is 5.83 Å². The molecule has 1 saturated carbocycles. The van der Waals surface area contributed by atoms with Gasteiger partial charge in [-0.15, -0.1) is 4.36 Å². The van der Waals surface area contributed by atoms with Crippen LogP contribution in [-0.2, 0) is 17.2 Å². The minimum atomic E-state index is -0.365. The normalized spacial score (nSPS) is 27.5. The molecule has 0 spiro atoms. The smallest absolute Gasteiger partial charge is 0.257 e. The fourth-order valence-corrected chi connectivity index (χ4v) is 3.29. The van der Waals surface area contributed by atoms with Gasteiger partial charge in [0.15, 0.2) is 0 Å². The predicted molar refractivity (Wildman–Crippen MR) is 76.0 cm³/mol. The molecule has 2 aliphatic rings. The van der Waals surface area contributed by atoms with E-state index in [1.165, 1.54) is 0 Å². The van der Waals surface area contributed by atoms with Crippen LogP contribution in [0, 0.1) is 23.7 Å². The molecule has 104 valence electrons. The predicted octanol–water partition coefficient (Wildman–Crippen LogP) is 4.29. The van der Waals surface area contributed by atoms with Crippen molar-refractivity contribution >= 4 is 29.9 Å². The van der Waals surface area contributed by atoms with Crippen LogP contribution in [-0.4, -0.2) is 5.91 Å². The summed E-state index contributed by atoms with van der Waals surface area (Å²) < 4.78 is 17.5. The van der Waals surface area contributed by atoms with E-state index < -0.39 is 0 Å². The zero-order valence-electron chi connectivity index (χ0n) is 11.0. The van der Waals surface area contributed by atoms with Gasteiger partial charge >= 0.3 is 0 Å². The zero-order valence-corrected chi connectivity index (χ0v) is 12.6. The lowest BCUT2D eigenvalue weighted by Crippen LogP contribution is -2.26. The monoisotopic (exact) mass is 301 g/mol. The number of amides is 1. The number of carbonyl (C=O) groups excluding carboxylic acids is 1. The second-order valence-electron chi connectivity index (χ2n) is 5.65. The molecule has 1 fully saturated rings. The van der Waals surface area contributed by atoms with Gasteiger partial charge < -0.3 is 0 Å². The highest BCUT2D eigenvalue weighted by molar-refractivity contribution is 7.47. The van der Waals surface area contributed by atoms with Crippen molar-refractivity contribution in [1.82, 2.24) is 0 Å². The highest BCUT2D eigenvalue weighted by Crippen LogP contribution is 2.50. The fourth-order valence-electron chi connectivity index (χ4n) is 2.97. The summed E-state index contributed by atoms with van der Waals surface area (Å²) in [7, 11) is 0. The van der Waals surface area contributed by atoms with E-state index >= 15 is 0 Å². The first-order valence-electron chi connectivity index (χ1n) is 6.59. The van der Waals surface area contributed by atoms with Crippen LogP contribution < -0.4 is 0 Å². The highest BCUT2D eigenvalue weighted by atomic mass is 35.5. The molecular weight excluding hydrogens is 285 g/mol. The first-order valence-corrected chi connectivity index (χ1v) is 7.33. The topological polar surface area (TPSA) is 29.4 Å². The van der Waals surface area contributed by atoms with Crippen LogP contribution in [0.3, 0.4) is 0 Å². The summed E-state index contributed by atoms with van der Waals surface area (Å²) in [6.07, 6.45) is 4.20. The highest BCUT2D eigenvalue weighted by Gasteiger charge is 2.42. The van der Waals surface area contributed by atoms with Crippen molar-refractivity contribution in [3.8, 4) is 0 Å². The van der Waals surface area contributed by atoms with Crippen molar-refractivity contribution < 1.29 is 9.18 Å². The van der Waals surface area contributed by atoms with Gasteiger partial charge in [-0.1, -0.05) is 31.5 Å². The van der Waals surface area contributed by atoms with Crippen molar-refractivity contribution in [1.29, 1.82) is 0 Å². The Hall–Kier alpha value is -0.610. The number of carbonyl (C=O) groups is 1. The van der Waals surface area contributed by atoms with E-state index in [9.17, 15) is 9.18 Å². The fraction of sp³-hybridized carbons (Fsp3) is 0.643. The Balaban J connectivity index is 2.36. The summed E-state index contributed by atoms with van der Waals surface area (Å²) in [5, 5.41) is 0.194. The number of hydrogen-bond donors (Lipinski definition) is 0. The van der Waals surface area contributed by atoms with Gasteiger partial charge in [-0.25, -0.2) is 4.39 Å². The van der Waals surface area contributed by atoms with Gasteiger partial charge in [-0.2, -0.15) is 0 Å². The average molecular weight is 302 g/mol. The molecule has 0 aromatic rings. The van der Waals surface area contributed by atoms with Gasteiger partial charge in [0.05, 0.1) is 5.03 Å². The van der Waals surface area contributed by atoms with E-state index in [0.29, 0.717) is 11.5 Å². The molecule has 0 aromatic heterocycles. The van der Waals surface area contributed by atoms with Crippen LogP contribution in [0.2, 0.25) is 0 Å². The molecule has 2 rings (SSSR count). The summed E-state index contributed by atoms with van der Waals surface area (Å²) in [6.45, 7) is 3.85. The SMILES string of the molecule is CC(C)C1=C(F)C(Cl)=CC(C2CC2)C1CC(=O)N=S. The first-order chi connectivity index (χ1) is 8.95. The Kier molecular flexibility index (Phi) is 4.51. The van der Waals surface area contributed by atoms with Crippen molar-refractivity contribution in [3.63, 3.8) is 0 Å². The number of allylic oxidation sites excluding steroid dienone is 4. The maximum Gasteiger partial charge on any atom is 0.257 e. The van der Waals surface area contributed by atoms with E-state index in [4.69, 9.17) is 11.6 Å². The molecule has 19 heavy (non-hydrogen) atoms. The number of halogens is 2. The Morgan fingerprint density at radius 1 is 1.58 bits per heavy atom. The van der Waals surface area contributed by atoms with Crippen molar-refractivity contribution in [3.05, 3.63) is 22.5 Å². The quantitative estimate of drug-likeness (QED) is 0.775.